The van der Waals surface area contributed by atoms with Crippen LogP contribution in [0.1, 0.15) is 39.6 Å². The SMILES string of the molecule is CCCc1c(Br)ccc2c1C(=O)NC2=O. The van der Waals surface area contributed by atoms with Crippen molar-refractivity contribution < 1.29 is 9.59 Å². The number of benzene rings is 1. The summed E-state index contributed by atoms with van der Waals surface area (Å²) in [5.74, 6) is -0.570. The van der Waals surface area contributed by atoms with Crippen LogP contribution in [0.4, 0.5) is 0 Å². The molecule has 1 aliphatic rings. The van der Waals surface area contributed by atoms with E-state index in [1.807, 2.05) is 13.0 Å². The van der Waals surface area contributed by atoms with E-state index in [2.05, 4.69) is 21.2 Å². The van der Waals surface area contributed by atoms with E-state index in [1.165, 1.54) is 0 Å². The zero-order valence-electron chi connectivity index (χ0n) is 8.26. The van der Waals surface area contributed by atoms with Gasteiger partial charge in [-0.1, -0.05) is 29.3 Å². The molecule has 0 spiro atoms. The van der Waals surface area contributed by atoms with E-state index in [-0.39, 0.29) is 11.8 Å². The molecule has 1 N–H and O–H groups in total. The van der Waals surface area contributed by atoms with Crippen molar-refractivity contribution in [1.29, 1.82) is 0 Å². The minimum Gasteiger partial charge on any atom is -0.288 e. The first-order valence-corrected chi connectivity index (χ1v) is 5.61. The molecule has 0 radical (unpaired) electrons. The molecule has 78 valence electrons. The molecule has 0 aromatic heterocycles. The third-order valence-corrected chi connectivity index (χ3v) is 3.20. The van der Waals surface area contributed by atoms with Crippen molar-refractivity contribution in [3.63, 3.8) is 0 Å². The van der Waals surface area contributed by atoms with Crippen LogP contribution in [0.25, 0.3) is 0 Å². The molecule has 1 aromatic rings. The summed E-state index contributed by atoms with van der Waals surface area (Å²) < 4.78 is 0.896. The molecule has 1 aliphatic heterocycles. The molecule has 0 unspecified atom stereocenters. The van der Waals surface area contributed by atoms with Crippen molar-refractivity contribution in [2.75, 3.05) is 0 Å². The molecule has 0 saturated carbocycles. The number of imide groups is 1. The Hall–Kier alpha value is -1.16. The molecule has 2 amide bonds. The van der Waals surface area contributed by atoms with Crippen LogP contribution < -0.4 is 5.32 Å². The Kier molecular flexibility index (Phi) is 2.61. The maximum absolute atomic E-state index is 11.6. The van der Waals surface area contributed by atoms with E-state index in [0.717, 1.165) is 22.9 Å². The first kappa shape index (κ1) is 10.4. The quantitative estimate of drug-likeness (QED) is 0.836. The lowest BCUT2D eigenvalue weighted by molar-refractivity contribution is 0.0879. The first-order chi connectivity index (χ1) is 7.15. The molecule has 1 heterocycles. The lowest BCUT2D eigenvalue weighted by Crippen LogP contribution is -2.20. The van der Waals surface area contributed by atoms with E-state index in [0.29, 0.717) is 11.1 Å². The summed E-state index contributed by atoms with van der Waals surface area (Å²) in [5, 5.41) is 2.31. The number of hydrogen-bond donors (Lipinski definition) is 1. The number of halogens is 1. The van der Waals surface area contributed by atoms with E-state index in [9.17, 15) is 9.59 Å². The van der Waals surface area contributed by atoms with Crippen molar-refractivity contribution in [3.05, 3.63) is 33.3 Å². The molecule has 0 fully saturated rings. The zero-order chi connectivity index (χ0) is 11.0. The van der Waals surface area contributed by atoms with Crippen molar-refractivity contribution in [2.45, 2.75) is 19.8 Å². The summed E-state index contributed by atoms with van der Waals surface area (Å²) in [7, 11) is 0. The van der Waals surface area contributed by atoms with Crippen molar-refractivity contribution >= 4 is 27.7 Å². The number of hydrogen-bond acceptors (Lipinski definition) is 2. The number of rotatable bonds is 2. The van der Waals surface area contributed by atoms with Crippen molar-refractivity contribution in [3.8, 4) is 0 Å². The molecule has 4 heteroatoms. The van der Waals surface area contributed by atoms with E-state index in [1.54, 1.807) is 6.07 Å². The molecule has 2 rings (SSSR count). The summed E-state index contributed by atoms with van der Waals surface area (Å²) in [4.78, 5) is 23.0. The third-order valence-electron chi connectivity index (χ3n) is 2.45. The van der Waals surface area contributed by atoms with Crippen molar-refractivity contribution in [2.24, 2.45) is 0 Å². The number of carbonyl (C=O) groups excluding carboxylic acids is 2. The summed E-state index contributed by atoms with van der Waals surface area (Å²) in [5.41, 5.74) is 1.96. The predicted octanol–water partition coefficient (Wildman–Crippen LogP) is 2.29. The highest BCUT2D eigenvalue weighted by Gasteiger charge is 2.29. The lowest BCUT2D eigenvalue weighted by Gasteiger charge is -2.06. The molecular formula is C11H10BrNO2. The summed E-state index contributed by atoms with van der Waals surface area (Å²) in [6.07, 6.45) is 1.74. The maximum Gasteiger partial charge on any atom is 0.259 e. The summed E-state index contributed by atoms with van der Waals surface area (Å²) >= 11 is 3.41. The maximum atomic E-state index is 11.6. The second-order valence-corrected chi connectivity index (χ2v) is 4.34. The molecule has 1 aromatic carbocycles. The monoisotopic (exact) mass is 267 g/mol. The average molecular weight is 268 g/mol. The van der Waals surface area contributed by atoms with Gasteiger partial charge < -0.3 is 0 Å². The van der Waals surface area contributed by atoms with Crippen LogP contribution >= 0.6 is 15.9 Å². The van der Waals surface area contributed by atoms with Gasteiger partial charge in [-0.2, -0.15) is 0 Å². The molecule has 0 saturated heterocycles. The molecule has 0 aliphatic carbocycles. The fraction of sp³-hybridized carbons (Fsp3) is 0.273. The largest absolute Gasteiger partial charge is 0.288 e. The molecular weight excluding hydrogens is 258 g/mol. The van der Waals surface area contributed by atoms with Crippen LogP contribution in [0.5, 0.6) is 0 Å². The minimum absolute atomic E-state index is 0.278. The fourth-order valence-electron chi connectivity index (χ4n) is 1.80. The zero-order valence-corrected chi connectivity index (χ0v) is 9.85. The van der Waals surface area contributed by atoms with Gasteiger partial charge in [-0.25, -0.2) is 0 Å². The van der Waals surface area contributed by atoms with Gasteiger partial charge in [-0.3, -0.25) is 14.9 Å². The standard InChI is InChI=1S/C11H10BrNO2/c1-2-3-6-8(12)5-4-7-9(6)11(15)13-10(7)14/h4-5H,2-3H2,1H3,(H,13,14,15). The Balaban J connectivity index is 2.64. The smallest absolute Gasteiger partial charge is 0.259 e. The number of fused-ring (bicyclic) bond motifs is 1. The number of carbonyl (C=O) groups is 2. The second kappa shape index (κ2) is 3.77. The Morgan fingerprint density at radius 1 is 1.27 bits per heavy atom. The molecule has 0 atom stereocenters. The van der Waals surface area contributed by atoms with Crippen LogP contribution in [0.3, 0.4) is 0 Å². The second-order valence-electron chi connectivity index (χ2n) is 3.48. The molecule has 15 heavy (non-hydrogen) atoms. The number of amides is 2. The predicted molar refractivity (Wildman–Crippen MR) is 59.9 cm³/mol. The van der Waals surface area contributed by atoms with Gasteiger partial charge in [0.05, 0.1) is 11.1 Å². The van der Waals surface area contributed by atoms with Gasteiger partial charge >= 0.3 is 0 Å². The lowest BCUT2D eigenvalue weighted by atomic mass is 9.99. The highest BCUT2D eigenvalue weighted by atomic mass is 79.9. The molecule has 3 nitrogen and oxygen atoms in total. The summed E-state index contributed by atoms with van der Waals surface area (Å²) in [6, 6.07) is 3.50. The Labute approximate surface area is 96.0 Å². The summed E-state index contributed by atoms with van der Waals surface area (Å²) in [6.45, 7) is 2.04. The Morgan fingerprint density at radius 2 is 2.00 bits per heavy atom. The van der Waals surface area contributed by atoms with Gasteiger partial charge in [0.2, 0.25) is 0 Å². The fourth-order valence-corrected chi connectivity index (χ4v) is 2.33. The molecule has 0 bridgehead atoms. The normalized spacial score (nSPS) is 14.0. The highest BCUT2D eigenvalue weighted by molar-refractivity contribution is 9.10. The van der Waals surface area contributed by atoms with E-state index < -0.39 is 0 Å². The van der Waals surface area contributed by atoms with Gasteiger partial charge in [0.25, 0.3) is 11.8 Å². The Bertz CT molecular complexity index is 454. The van der Waals surface area contributed by atoms with Crippen molar-refractivity contribution in [1.82, 2.24) is 5.32 Å². The van der Waals surface area contributed by atoms with E-state index >= 15 is 0 Å². The average Bonchev–Trinajstić information content (AvgIpc) is 2.47. The Morgan fingerprint density at radius 3 is 2.67 bits per heavy atom. The van der Waals surface area contributed by atoms with Gasteiger partial charge in [-0.05, 0) is 24.1 Å². The third kappa shape index (κ3) is 1.59. The van der Waals surface area contributed by atoms with Gasteiger partial charge in [-0.15, -0.1) is 0 Å². The van der Waals surface area contributed by atoms with Gasteiger partial charge in [0.1, 0.15) is 0 Å². The highest BCUT2D eigenvalue weighted by Crippen LogP contribution is 2.28. The van der Waals surface area contributed by atoms with Gasteiger partial charge in [0.15, 0.2) is 0 Å². The van der Waals surface area contributed by atoms with E-state index in [4.69, 9.17) is 0 Å². The minimum atomic E-state index is -0.292. The van der Waals surface area contributed by atoms with Crippen LogP contribution in [0.2, 0.25) is 0 Å². The first-order valence-electron chi connectivity index (χ1n) is 4.82. The van der Waals surface area contributed by atoms with Gasteiger partial charge in [0, 0.05) is 4.47 Å². The van der Waals surface area contributed by atoms with Crippen LogP contribution in [0.15, 0.2) is 16.6 Å². The van der Waals surface area contributed by atoms with Crippen LogP contribution in [-0.4, -0.2) is 11.8 Å². The van der Waals surface area contributed by atoms with Crippen LogP contribution in [0, 0.1) is 0 Å². The number of nitrogens with one attached hydrogen (secondary N) is 1. The topological polar surface area (TPSA) is 46.2 Å². The van der Waals surface area contributed by atoms with Crippen LogP contribution in [-0.2, 0) is 6.42 Å².